The summed E-state index contributed by atoms with van der Waals surface area (Å²) in [6.45, 7) is 1.86. The monoisotopic (exact) mass is 503 g/mol. The first kappa shape index (κ1) is 25.8. The number of methoxy groups -OCH3 is 2. The highest BCUT2D eigenvalue weighted by molar-refractivity contribution is 6.32. The number of ether oxygens (including phenoxy) is 2. The molecule has 10 heteroatoms. The van der Waals surface area contributed by atoms with Gasteiger partial charge in [-0.2, -0.15) is 5.26 Å². The molecule has 0 amide bonds. The zero-order valence-corrected chi connectivity index (χ0v) is 20.6. The van der Waals surface area contributed by atoms with Gasteiger partial charge in [-0.05, 0) is 48.7 Å². The summed E-state index contributed by atoms with van der Waals surface area (Å²) in [6, 6.07) is 13.3. The Morgan fingerprint density at radius 2 is 1.91 bits per heavy atom. The maximum absolute atomic E-state index is 9.74. The molecule has 180 valence electrons. The van der Waals surface area contributed by atoms with Gasteiger partial charge in [0, 0.05) is 37.5 Å². The Bertz CT molecular complexity index is 1190. The van der Waals surface area contributed by atoms with Crippen molar-refractivity contribution in [2.75, 3.05) is 44.1 Å². The van der Waals surface area contributed by atoms with Crippen LogP contribution < -0.4 is 15.0 Å². The number of nitrogens with one attached hydrogen (secondary N) is 1. The molecule has 0 unspecified atom stereocenters. The van der Waals surface area contributed by atoms with E-state index in [-0.39, 0.29) is 19.0 Å². The van der Waals surface area contributed by atoms with E-state index in [1.165, 1.54) is 0 Å². The number of aliphatic hydroxyl groups excluding tert-OH is 1. The maximum Gasteiger partial charge on any atom is 0.159 e. The predicted molar refractivity (Wildman–Crippen MR) is 135 cm³/mol. The highest BCUT2D eigenvalue weighted by Gasteiger charge is 2.35. The zero-order valence-electron chi connectivity index (χ0n) is 19.0. The summed E-state index contributed by atoms with van der Waals surface area (Å²) >= 11 is 6.25. The van der Waals surface area contributed by atoms with Gasteiger partial charge >= 0.3 is 0 Å². The van der Waals surface area contributed by atoms with Crippen LogP contribution in [0, 0.1) is 11.3 Å². The van der Waals surface area contributed by atoms with Crippen LogP contribution in [0.2, 0.25) is 5.02 Å². The second kappa shape index (κ2) is 11.1. The quantitative estimate of drug-likeness (QED) is 0.494. The minimum absolute atomic E-state index is 0. The molecule has 0 aliphatic carbocycles. The van der Waals surface area contributed by atoms with E-state index in [0.29, 0.717) is 54.6 Å². The standard InChI is InChI=1S/C24H26ClN5O3.ClH/c1-32-21-6-4-17(12-20(21)25)14-27-22-19-11-16(13-26)3-5-18(19)23(29-28-22)30-9-7-24(15-31,33-2)8-10-30;/h3-6,11-12,31H,7-10,14-15H2,1-2H3,(H,27,28);1H. The van der Waals surface area contributed by atoms with Crippen molar-refractivity contribution in [3.8, 4) is 11.8 Å². The molecule has 1 aliphatic rings. The van der Waals surface area contributed by atoms with Crippen molar-refractivity contribution in [1.82, 2.24) is 10.2 Å². The fourth-order valence-corrected chi connectivity index (χ4v) is 4.41. The molecule has 0 spiro atoms. The number of piperidine rings is 1. The van der Waals surface area contributed by atoms with Crippen LogP contribution in [0.1, 0.15) is 24.0 Å². The summed E-state index contributed by atoms with van der Waals surface area (Å²) in [5, 5.41) is 33.7. The van der Waals surface area contributed by atoms with E-state index in [0.717, 1.165) is 22.2 Å². The number of halogens is 2. The van der Waals surface area contributed by atoms with E-state index in [4.69, 9.17) is 21.1 Å². The summed E-state index contributed by atoms with van der Waals surface area (Å²) in [5.74, 6) is 1.97. The van der Waals surface area contributed by atoms with Crippen molar-refractivity contribution in [2.45, 2.75) is 25.0 Å². The van der Waals surface area contributed by atoms with Gasteiger partial charge in [0.1, 0.15) is 5.75 Å². The third-order valence-electron chi connectivity index (χ3n) is 6.26. The van der Waals surface area contributed by atoms with Gasteiger partial charge in [0.25, 0.3) is 0 Å². The van der Waals surface area contributed by atoms with Crippen LogP contribution in [0.25, 0.3) is 10.8 Å². The Kier molecular flexibility index (Phi) is 8.39. The summed E-state index contributed by atoms with van der Waals surface area (Å²) in [4.78, 5) is 2.15. The van der Waals surface area contributed by atoms with E-state index in [9.17, 15) is 10.4 Å². The average molecular weight is 504 g/mol. The second-order valence-electron chi connectivity index (χ2n) is 8.10. The number of nitrogens with zero attached hydrogens (tertiary/aromatic N) is 4. The molecule has 0 radical (unpaired) electrons. The van der Waals surface area contributed by atoms with E-state index in [1.54, 1.807) is 20.3 Å². The molecule has 0 atom stereocenters. The fourth-order valence-electron chi connectivity index (χ4n) is 4.13. The van der Waals surface area contributed by atoms with E-state index < -0.39 is 5.60 Å². The van der Waals surface area contributed by atoms with E-state index >= 15 is 0 Å². The number of hydrogen-bond acceptors (Lipinski definition) is 8. The van der Waals surface area contributed by atoms with Crippen LogP contribution in [-0.2, 0) is 11.3 Å². The van der Waals surface area contributed by atoms with Crippen molar-refractivity contribution in [3.05, 3.63) is 52.5 Å². The number of hydrogen-bond donors (Lipinski definition) is 2. The lowest BCUT2D eigenvalue weighted by Gasteiger charge is -2.40. The Morgan fingerprint density at radius 1 is 1.15 bits per heavy atom. The van der Waals surface area contributed by atoms with E-state index in [2.05, 4.69) is 26.5 Å². The van der Waals surface area contributed by atoms with Crippen LogP contribution in [0.4, 0.5) is 11.6 Å². The fraction of sp³-hybridized carbons (Fsp3) is 0.375. The van der Waals surface area contributed by atoms with Gasteiger partial charge in [-0.3, -0.25) is 0 Å². The largest absolute Gasteiger partial charge is 0.495 e. The lowest BCUT2D eigenvalue weighted by atomic mass is 9.92. The molecule has 8 nitrogen and oxygen atoms in total. The lowest BCUT2D eigenvalue weighted by Crippen LogP contribution is -2.48. The number of benzene rings is 2. The Labute approximate surface area is 209 Å². The van der Waals surface area contributed by atoms with E-state index in [1.807, 2.05) is 30.3 Å². The maximum atomic E-state index is 9.74. The first-order valence-electron chi connectivity index (χ1n) is 10.7. The molecule has 0 bridgehead atoms. The number of anilines is 2. The molecule has 2 N–H and O–H groups in total. The molecule has 1 aliphatic heterocycles. The number of aromatic nitrogens is 2. The lowest BCUT2D eigenvalue weighted by molar-refractivity contribution is -0.0673. The van der Waals surface area contributed by atoms with Crippen molar-refractivity contribution < 1.29 is 14.6 Å². The van der Waals surface area contributed by atoms with Crippen LogP contribution in [0.5, 0.6) is 5.75 Å². The van der Waals surface area contributed by atoms with Gasteiger partial charge in [-0.1, -0.05) is 17.7 Å². The summed E-state index contributed by atoms with van der Waals surface area (Å²) in [7, 11) is 3.22. The number of nitriles is 1. The Hall–Kier alpha value is -2.83. The smallest absolute Gasteiger partial charge is 0.159 e. The van der Waals surface area contributed by atoms with Crippen molar-refractivity contribution in [2.24, 2.45) is 0 Å². The summed E-state index contributed by atoms with van der Waals surface area (Å²) in [5.41, 5.74) is 1.01. The predicted octanol–water partition coefficient (Wildman–Crippen LogP) is 4.18. The average Bonchev–Trinajstić information content (AvgIpc) is 2.87. The van der Waals surface area contributed by atoms with Crippen LogP contribution in [0.3, 0.4) is 0 Å². The Morgan fingerprint density at radius 3 is 2.53 bits per heavy atom. The highest BCUT2D eigenvalue weighted by Crippen LogP contribution is 2.34. The number of aliphatic hydroxyl groups is 1. The van der Waals surface area contributed by atoms with Crippen molar-refractivity contribution in [1.29, 1.82) is 5.26 Å². The second-order valence-corrected chi connectivity index (χ2v) is 8.51. The molecule has 3 aromatic rings. The van der Waals surface area contributed by atoms with Gasteiger partial charge in [-0.25, -0.2) is 0 Å². The molecule has 4 rings (SSSR count). The number of fused-ring (bicyclic) bond motifs is 1. The first-order chi connectivity index (χ1) is 16.0. The topological polar surface area (TPSA) is 104 Å². The molecule has 0 saturated carbocycles. The molecule has 2 aromatic carbocycles. The highest BCUT2D eigenvalue weighted by atomic mass is 35.5. The first-order valence-corrected chi connectivity index (χ1v) is 11.1. The molecule has 2 heterocycles. The SMILES string of the molecule is COc1ccc(CNc2nnc(N3CCC(CO)(OC)CC3)c3ccc(C#N)cc23)cc1Cl.Cl. The summed E-state index contributed by atoms with van der Waals surface area (Å²) in [6.07, 6.45) is 1.38. The van der Waals surface area contributed by atoms with Crippen LogP contribution in [0.15, 0.2) is 36.4 Å². The van der Waals surface area contributed by atoms with Crippen molar-refractivity contribution >= 4 is 46.4 Å². The summed E-state index contributed by atoms with van der Waals surface area (Å²) < 4.78 is 10.8. The van der Waals surface area contributed by atoms with Gasteiger partial charge in [0.2, 0.25) is 0 Å². The molecule has 34 heavy (non-hydrogen) atoms. The van der Waals surface area contributed by atoms with Crippen molar-refractivity contribution in [3.63, 3.8) is 0 Å². The molecule has 1 fully saturated rings. The van der Waals surface area contributed by atoms with Crippen LogP contribution in [-0.4, -0.2) is 54.8 Å². The van der Waals surface area contributed by atoms with Gasteiger partial charge in [0.05, 0.1) is 36.0 Å². The zero-order chi connectivity index (χ0) is 23.4. The minimum Gasteiger partial charge on any atom is -0.495 e. The Balaban J connectivity index is 0.00000324. The number of rotatable bonds is 7. The minimum atomic E-state index is -0.505. The van der Waals surface area contributed by atoms with Gasteiger partial charge < -0.3 is 24.8 Å². The van der Waals surface area contributed by atoms with Gasteiger partial charge in [-0.15, -0.1) is 22.6 Å². The molecular formula is C24H27Cl2N5O3. The molecule has 1 aromatic heterocycles. The normalized spacial score (nSPS) is 14.9. The molecular weight excluding hydrogens is 477 g/mol. The third kappa shape index (κ3) is 5.13. The van der Waals surface area contributed by atoms with Crippen LogP contribution >= 0.6 is 24.0 Å². The van der Waals surface area contributed by atoms with Gasteiger partial charge in [0.15, 0.2) is 11.6 Å². The molecule has 1 saturated heterocycles. The third-order valence-corrected chi connectivity index (χ3v) is 6.56.